The largest absolute Gasteiger partial charge is 0.481 e. The molecule has 1 rings (SSSR count). The molecule has 112 valence electrons. The van der Waals surface area contributed by atoms with Crippen molar-refractivity contribution >= 4 is 21.5 Å². The van der Waals surface area contributed by atoms with Crippen LogP contribution >= 0.6 is 0 Å². The van der Waals surface area contributed by atoms with Gasteiger partial charge in [0, 0.05) is 18.7 Å². The monoisotopic (exact) mass is 299 g/mol. The number of sulfone groups is 1. The fraction of sp³-hybridized carbons (Fsp3) is 0.500. The van der Waals surface area contributed by atoms with Crippen molar-refractivity contribution in [2.45, 2.75) is 37.5 Å². The van der Waals surface area contributed by atoms with Crippen molar-refractivity contribution in [2.75, 3.05) is 17.6 Å². The number of carboxylic acids is 1. The van der Waals surface area contributed by atoms with E-state index in [1.807, 2.05) is 6.92 Å². The highest BCUT2D eigenvalue weighted by atomic mass is 32.2. The molecular formula is C14H21NO4S. The van der Waals surface area contributed by atoms with Gasteiger partial charge in [0.2, 0.25) is 0 Å². The van der Waals surface area contributed by atoms with Crippen molar-refractivity contribution in [3.05, 3.63) is 24.3 Å². The zero-order valence-corrected chi connectivity index (χ0v) is 12.4. The Labute approximate surface area is 119 Å². The Morgan fingerprint density at radius 1 is 1.20 bits per heavy atom. The highest BCUT2D eigenvalue weighted by Gasteiger charge is 2.12. The molecule has 2 N–H and O–H groups in total. The van der Waals surface area contributed by atoms with E-state index in [4.69, 9.17) is 5.11 Å². The highest BCUT2D eigenvalue weighted by Crippen LogP contribution is 2.16. The summed E-state index contributed by atoms with van der Waals surface area (Å²) in [7, 11) is -3.16. The van der Waals surface area contributed by atoms with E-state index in [9.17, 15) is 13.2 Å². The Kier molecular flexibility index (Phi) is 6.51. The van der Waals surface area contributed by atoms with Gasteiger partial charge in [0.05, 0.1) is 10.6 Å². The van der Waals surface area contributed by atoms with Crippen molar-refractivity contribution in [3.8, 4) is 0 Å². The van der Waals surface area contributed by atoms with E-state index < -0.39 is 15.8 Å². The SMILES string of the molecule is CCCS(=O)(=O)c1ccc(NCCCCC(=O)O)cc1. The first-order valence-corrected chi connectivity index (χ1v) is 8.39. The van der Waals surface area contributed by atoms with Gasteiger partial charge in [-0.1, -0.05) is 6.92 Å². The molecule has 0 unspecified atom stereocenters. The van der Waals surface area contributed by atoms with Crippen LogP contribution in [0.1, 0.15) is 32.6 Å². The Hall–Kier alpha value is -1.56. The third-order valence-electron chi connectivity index (χ3n) is 2.83. The summed E-state index contributed by atoms with van der Waals surface area (Å²) < 4.78 is 23.7. The van der Waals surface area contributed by atoms with Gasteiger partial charge in [0.25, 0.3) is 0 Å². The third-order valence-corrected chi connectivity index (χ3v) is 4.77. The maximum absolute atomic E-state index is 11.8. The molecule has 5 nitrogen and oxygen atoms in total. The molecule has 0 spiro atoms. The number of aliphatic carboxylic acids is 1. The molecular weight excluding hydrogens is 278 g/mol. The molecule has 0 saturated carbocycles. The number of hydrogen-bond acceptors (Lipinski definition) is 4. The van der Waals surface area contributed by atoms with Gasteiger partial charge in [-0.05, 0) is 43.5 Å². The number of unbranched alkanes of at least 4 members (excludes halogenated alkanes) is 1. The molecule has 0 aromatic heterocycles. The summed E-state index contributed by atoms with van der Waals surface area (Å²) in [6, 6.07) is 6.68. The van der Waals surface area contributed by atoms with Crippen molar-refractivity contribution in [1.29, 1.82) is 0 Å². The molecule has 0 amide bonds. The summed E-state index contributed by atoms with van der Waals surface area (Å²) in [6.07, 6.45) is 2.18. The van der Waals surface area contributed by atoms with E-state index >= 15 is 0 Å². The van der Waals surface area contributed by atoms with Crippen LogP contribution in [-0.2, 0) is 14.6 Å². The number of carboxylic acid groups (broad SMARTS) is 1. The lowest BCUT2D eigenvalue weighted by atomic mass is 10.2. The minimum absolute atomic E-state index is 0.162. The van der Waals surface area contributed by atoms with E-state index in [1.54, 1.807) is 24.3 Å². The third kappa shape index (κ3) is 5.61. The molecule has 0 aliphatic carbocycles. The average molecular weight is 299 g/mol. The normalized spacial score (nSPS) is 11.2. The Bertz CT molecular complexity index is 523. The van der Waals surface area contributed by atoms with Crippen molar-refractivity contribution in [3.63, 3.8) is 0 Å². The first-order chi connectivity index (χ1) is 9.45. The first kappa shape index (κ1) is 16.5. The van der Waals surface area contributed by atoms with Crippen LogP contribution in [0.25, 0.3) is 0 Å². The maximum atomic E-state index is 11.8. The molecule has 0 aliphatic rings. The van der Waals surface area contributed by atoms with Crippen molar-refractivity contribution in [2.24, 2.45) is 0 Å². The molecule has 1 aromatic rings. The van der Waals surface area contributed by atoms with Crippen molar-refractivity contribution < 1.29 is 18.3 Å². The second-order valence-electron chi connectivity index (χ2n) is 4.62. The molecule has 0 heterocycles. The van der Waals surface area contributed by atoms with Gasteiger partial charge in [0.1, 0.15) is 0 Å². The molecule has 0 saturated heterocycles. The summed E-state index contributed by atoms with van der Waals surface area (Å²) in [4.78, 5) is 10.7. The highest BCUT2D eigenvalue weighted by molar-refractivity contribution is 7.91. The van der Waals surface area contributed by atoms with E-state index in [-0.39, 0.29) is 12.2 Å². The molecule has 0 fully saturated rings. The van der Waals surface area contributed by atoms with Gasteiger partial charge in [-0.25, -0.2) is 8.42 Å². The smallest absolute Gasteiger partial charge is 0.303 e. The second kappa shape index (κ2) is 7.89. The van der Waals surface area contributed by atoms with Crippen LogP contribution in [0.5, 0.6) is 0 Å². The van der Waals surface area contributed by atoms with E-state index in [0.29, 0.717) is 24.3 Å². The van der Waals surface area contributed by atoms with Crippen LogP contribution in [0.4, 0.5) is 5.69 Å². The lowest BCUT2D eigenvalue weighted by Crippen LogP contribution is -2.06. The topological polar surface area (TPSA) is 83.5 Å². The second-order valence-corrected chi connectivity index (χ2v) is 6.73. The Morgan fingerprint density at radius 2 is 1.85 bits per heavy atom. The van der Waals surface area contributed by atoms with Gasteiger partial charge >= 0.3 is 5.97 Å². The van der Waals surface area contributed by atoms with Gasteiger partial charge in [0.15, 0.2) is 9.84 Å². The van der Waals surface area contributed by atoms with Crippen LogP contribution in [0.2, 0.25) is 0 Å². The number of benzene rings is 1. The van der Waals surface area contributed by atoms with Crippen LogP contribution in [-0.4, -0.2) is 31.8 Å². The van der Waals surface area contributed by atoms with E-state index in [2.05, 4.69) is 5.32 Å². The molecule has 0 radical (unpaired) electrons. The summed E-state index contributed by atoms with van der Waals surface area (Å²) in [5, 5.41) is 11.6. The molecule has 1 aromatic carbocycles. The predicted molar refractivity (Wildman–Crippen MR) is 78.8 cm³/mol. The standard InChI is InChI=1S/C14H21NO4S/c1-2-11-20(18,19)13-8-6-12(7-9-13)15-10-4-3-5-14(16)17/h6-9,15H,2-5,10-11H2,1H3,(H,16,17). The fourth-order valence-corrected chi connectivity index (χ4v) is 3.12. The molecule has 0 bridgehead atoms. The van der Waals surface area contributed by atoms with E-state index in [1.165, 1.54) is 0 Å². The van der Waals surface area contributed by atoms with Gasteiger partial charge in [-0.15, -0.1) is 0 Å². The Balaban J connectivity index is 2.45. The molecule has 6 heteroatoms. The van der Waals surface area contributed by atoms with Crippen LogP contribution in [0.15, 0.2) is 29.2 Å². The molecule has 0 aliphatic heterocycles. The summed E-state index contributed by atoms with van der Waals surface area (Å²) >= 11 is 0. The lowest BCUT2D eigenvalue weighted by molar-refractivity contribution is -0.137. The number of carbonyl (C=O) groups is 1. The van der Waals surface area contributed by atoms with Crippen molar-refractivity contribution in [1.82, 2.24) is 0 Å². The van der Waals surface area contributed by atoms with Crippen LogP contribution < -0.4 is 5.32 Å². The average Bonchev–Trinajstić information content (AvgIpc) is 2.38. The zero-order chi connectivity index (χ0) is 15.0. The molecule has 20 heavy (non-hydrogen) atoms. The fourth-order valence-electron chi connectivity index (χ4n) is 1.80. The molecule has 0 atom stereocenters. The van der Waals surface area contributed by atoms with Crippen LogP contribution in [0, 0.1) is 0 Å². The first-order valence-electron chi connectivity index (χ1n) is 6.74. The summed E-state index contributed by atoms with van der Waals surface area (Å²) in [6.45, 7) is 2.51. The Morgan fingerprint density at radius 3 is 2.40 bits per heavy atom. The number of rotatable bonds is 9. The summed E-state index contributed by atoms with van der Waals surface area (Å²) in [5.41, 5.74) is 0.843. The number of nitrogens with one attached hydrogen (secondary N) is 1. The maximum Gasteiger partial charge on any atom is 0.303 e. The van der Waals surface area contributed by atoms with Gasteiger partial charge in [-0.3, -0.25) is 4.79 Å². The van der Waals surface area contributed by atoms with E-state index in [0.717, 1.165) is 12.1 Å². The number of anilines is 1. The quantitative estimate of drug-likeness (QED) is 0.685. The zero-order valence-electron chi connectivity index (χ0n) is 11.6. The summed E-state index contributed by atoms with van der Waals surface area (Å²) in [5.74, 6) is -0.620. The van der Waals surface area contributed by atoms with Crippen LogP contribution in [0.3, 0.4) is 0 Å². The minimum Gasteiger partial charge on any atom is -0.481 e. The minimum atomic E-state index is -3.16. The predicted octanol–water partition coefficient (Wildman–Crippen LogP) is 2.54. The van der Waals surface area contributed by atoms with Gasteiger partial charge < -0.3 is 10.4 Å². The van der Waals surface area contributed by atoms with Gasteiger partial charge in [-0.2, -0.15) is 0 Å². The number of hydrogen-bond donors (Lipinski definition) is 2. The lowest BCUT2D eigenvalue weighted by Gasteiger charge is -2.07.